The van der Waals surface area contributed by atoms with Gasteiger partial charge in [-0.2, -0.15) is 0 Å². The summed E-state index contributed by atoms with van der Waals surface area (Å²) in [7, 11) is 0. The summed E-state index contributed by atoms with van der Waals surface area (Å²) in [6.07, 6.45) is 14.9. The second-order valence-electron chi connectivity index (χ2n) is 9.46. The number of aromatic nitrogens is 2. The molecule has 0 radical (unpaired) electrons. The van der Waals surface area contributed by atoms with E-state index in [-0.39, 0.29) is 18.7 Å². The van der Waals surface area contributed by atoms with Gasteiger partial charge < -0.3 is 31.1 Å². The normalized spacial score (nSPS) is 12.3. The van der Waals surface area contributed by atoms with Crippen molar-refractivity contribution in [2.75, 3.05) is 6.54 Å². The fourth-order valence-corrected chi connectivity index (χ4v) is 3.93. The van der Waals surface area contributed by atoms with Crippen molar-refractivity contribution in [3.63, 3.8) is 0 Å². The highest BCUT2D eigenvalue weighted by Gasteiger charge is 2.28. The number of hydrogen-bond donors (Lipinski definition) is 6. The van der Waals surface area contributed by atoms with Gasteiger partial charge in [-0.15, -0.1) is 0 Å². The first-order valence-electron chi connectivity index (χ1n) is 13.5. The van der Waals surface area contributed by atoms with Crippen LogP contribution in [0.4, 0.5) is 0 Å². The lowest BCUT2D eigenvalue weighted by Gasteiger charge is -2.20. The SMILES string of the molecule is CCCCCCCCCCCCCC(=O)NCC(=O)N[C@@H](CC(=O)O)C(=O)N[C@@H](Cc1cnc[nH]1)C(=O)O. The molecule has 38 heavy (non-hydrogen) atoms. The number of carbonyl (C=O) groups is 5. The number of nitrogens with zero attached hydrogens (tertiary/aromatic N) is 1. The number of aromatic amines is 1. The maximum absolute atomic E-state index is 12.6. The Labute approximate surface area is 223 Å². The van der Waals surface area contributed by atoms with Crippen LogP contribution in [0.15, 0.2) is 12.5 Å². The van der Waals surface area contributed by atoms with Gasteiger partial charge in [-0.1, -0.05) is 71.1 Å². The van der Waals surface area contributed by atoms with E-state index in [9.17, 15) is 29.1 Å². The molecular weight excluding hydrogens is 494 g/mol. The summed E-state index contributed by atoms with van der Waals surface area (Å²) < 4.78 is 0. The smallest absolute Gasteiger partial charge is 0.326 e. The van der Waals surface area contributed by atoms with E-state index in [1.807, 2.05) is 0 Å². The fraction of sp³-hybridized carbons (Fsp3) is 0.692. The number of aliphatic carboxylic acids is 2. The molecule has 0 aromatic carbocycles. The topological polar surface area (TPSA) is 191 Å². The maximum Gasteiger partial charge on any atom is 0.326 e. The standard InChI is InChI=1S/C26H43N5O7/c1-2-3-4-5-6-7-8-9-10-11-12-13-22(32)28-17-23(33)30-20(15-24(34)35)25(36)31-21(26(37)38)14-19-16-27-18-29-19/h16,18,20-21H,2-15,17H2,1H3,(H,27,29)(H,28,32)(H,30,33)(H,31,36)(H,34,35)(H,37,38)/t20-,21-/m0/s1. The minimum absolute atomic E-state index is 0.107. The summed E-state index contributed by atoms with van der Waals surface area (Å²) in [5, 5.41) is 25.5. The number of amides is 3. The molecule has 0 aliphatic rings. The van der Waals surface area contributed by atoms with Crippen molar-refractivity contribution >= 4 is 29.7 Å². The van der Waals surface area contributed by atoms with Gasteiger partial charge in [0.1, 0.15) is 12.1 Å². The number of unbranched alkanes of at least 4 members (excludes halogenated alkanes) is 10. The molecule has 12 heteroatoms. The molecule has 12 nitrogen and oxygen atoms in total. The molecule has 0 bridgehead atoms. The van der Waals surface area contributed by atoms with Crippen LogP contribution in [0.1, 0.15) is 96.1 Å². The Morgan fingerprint density at radius 1 is 0.842 bits per heavy atom. The van der Waals surface area contributed by atoms with Gasteiger partial charge in [0.2, 0.25) is 17.7 Å². The molecule has 1 heterocycles. The lowest BCUT2D eigenvalue weighted by atomic mass is 10.1. The second-order valence-corrected chi connectivity index (χ2v) is 9.46. The lowest BCUT2D eigenvalue weighted by molar-refractivity contribution is -0.143. The number of H-pyrrole nitrogens is 1. The van der Waals surface area contributed by atoms with Gasteiger partial charge in [0, 0.05) is 24.7 Å². The van der Waals surface area contributed by atoms with Crippen molar-refractivity contribution < 1.29 is 34.2 Å². The van der Waals surface area contributed by atoms with Gasteiger partial charge in [0.25, 0.3) is 0 Å². The van der Waals surface area contributed by atoms with Gasteiger partial charge in [0.05, 0.1) is 19.3 Å². The largest absolute Gasteiger partial charge is 0.481 e. The van der Waals surface area contributed by atoms with Crippen LogP contribution in [0.5, 0.6) is 0 Å². The van der Waals surface area contributed by atoms with Crippen molar-refractivity contribution in [3.05, 3.63) is 18.2 Å². The molecule has 0 saturated heterocycles. The minimum Gasteiger partial charge on any atom is -0.481 e. The number of hydrogen-bond acceptors (Lipinski definition) is 6. The predicted molar refractivity (Wildman–Crippen MR) is 140 cm³/mol. The number of rotatable bonds is 22. The molecule has 0 saturated carbocycles. The summed E-state index contributed by atoms with van der Waals surface area (Å²) in [6, 6.07) is -2.87. The molecule has 3 amide bonds. The van der Waals surface area contributed by atoms with Crippen LogP contribution in [-0.2, 0) is 30.4 Å². The van der Waals surface area contributed by atoms with Crippen molar-refractivity contribution in [2.24, 2.45) is 0 Å². The van der Waals surface area contributed by atoms with Gasteiger partial charge in [-0.05, 0) is 6.42 Å². The average molecular weight is 538 g/mol. The van der Waals surface area contributed by atoms with Crippen LogP contribution in [0.2, 0.25) is 0 Å². The molecule has 0 aliphatic heterocycles. The van der Waals surface area contributed by atoms with E-state index in [1.54, 1.807) is 0 Å². The van der Waals surface area contributed by atoms with Gasteiger partial charge in [-0.3, -0.25) is 19.2 Å². The van der Waals surface area contributed by atoms with Gasteiger partial charge in [-0.25, -0.2) is 9.78 Å². The third-order valence-corrected chi connectivity index (χ3v) is 6.08. The Morgan fingerprint density at radius 2 is 1.45 bits per heavy atom. The first-order valence-corrected chi connectivity index (χ1v) is 13.5. The van der Waals surface area contributed by atoms with Crippen molar-refractivity contribution in [1.82, 2.24) is 25.9 Å². The van der Waals surface area contributed by atoms with E-state index in [0.29, 0.717) is 12.1 Å². The fourth-order valence-electron chi connectivity index (χ4n) is 3.93. The number of carboxylic acids is 2. The summed E-state index contributed by atoms with van der Waals surface area (Å²) in [5.41, 5.74) is 0.456. The highest BCUT2D eigenvalue weighted by atomic mass is 16.4. The maximum atomic E-state index is 12.6. The van der Waals surface area contributed by atoms with Gasteiger partial charge in [0.15, 0.2) is 0 Å². The minimum atomic E-state index is -1.51. The Balaban J connectivity index is 2.32. The first-order chi connectivity index (χ1) is 18.2. The van der Waals surface area contributed by atoms with E-state index in [4.69, 9.17) is 5.11 Å². The van der Waals surface area contributed by atoms with E-state index in [1.165, 1.54) is 57.5 Å². The molecule has 0 fully saturated rings. The van der Waals surface area contributed by atoms with Crippen LogP contribution >= 0.6 is 0 Å². The molecular formula is C26H43N5O7. The van der Waals surface area contributed by atoms with E-state index in [2.05, 4.69) is 32.8 Å². The molecule has 2 atom stereocenters. The molecule has 0 unspecified atom stereocenters. The van der Waals surface area contributed by atoms with Crippen LogP contribution in [0.25, 0.3) is 0 Å². The number of nitrogens with one attached hydrogen (secondary N) is 4. The summed E-state index contributed by atoms with van der Waals surface area (Å²) in [6.45, 7) is 1.79. The zero-order chi connectivity index (χ0) is 28.2. The van der Waals surface area contributed by atoms with Crippen LogP contribution in [0, 0.1) is 0 Å². The summed E-state index contributed by atoms with van der Waals surface area (Å²) >= 11 is 0. The highest BCUT2D eigenvalue weighted by molar-refractivity contribution is 5.94. The number of imidazole rings is 1. The second kappa shape index (κ2) is 19.6. The first kappa shape index (κ1) is 32.6. The Kier molecular flexibility index (Phi) is 16.8. The van der Waals surface area contributed by atoms with Crippen molar-refractivity contribution in [3.8, 4) is 0 Å². The van der Waals surface area contributed by atoms with E-state index < -0.39 is 48.8 Å². The van der Waals surface area contributed by atoms with Crippen LogP contribution < -0.4 is 16.0 Å². The highest BCUT2D eigenvalue weighted by Crippen LogP contribution is 2.12. The van der Waals surface area contributed by atoms with Crippen molar-refractivity contribution in [2.45, 2.75) is 109 Å². The summed E-state index contributed by atoms with van der Waals surface area (Å²) in [5.74, 6) is -4.70. The molecule has 0 spiro atoms. The Morgan fingerprint density at radius 3 is 1.97 bits per heavy atom. The third-order valence-electron chi connectivity index (χ3n) is 6.08. The molecule has 6 N–H and O–H groups in total. The van der Waals surface area contributed by atoms with E-state index >= 15 is 0 Å². The Hall–Kier alpha value is -3.44. The zero-order valence-corrected chi connectivity index (χ0v) is 22.3. The quantitative estimate of drug-likeness (QED) is 0.121. The van der Waals surface area contributed by atoms with E-state index in [0.717, 1.165) is 19.3 Å². The molecule has 214 valence electrons. The number of carbonyl (C=O) groups excluding carboxylic acids is 3. The zero-order valence-electron chi connectivity index (χ0n) is 22.3. The summed E-state index contributed by atoms with van der Waals surface area (Å²) in [4.78, 5) is 66.1. The lowest BCUT2D eigenvalue weighted by Crippen LogP contribution is -2.54. The molecule has 1 rings (SSSR count). The molecule has 1 aromatic rings. The Bertz CT molecular complexity index is 860. The van der Waals surface area contributed by atoms with Crippen LogP contribution in [0.3, 0.4) is 0 Å². The van der Waals surface area contributed by atoms with Crippen LogP contribution in [-0.4, -0.2) is 68.5 Å². The molecule has 1 aromatic heterocycles. The predicted octanol–water partition coefficient (Wildman–Crippen LogP) is 2.30. The molecule has 0 aliphatic carbocycles. The van der Waals surface area contributed by atoms with Gasteiger partial charge >= 0.3 is 11.9 Å². The average Bonchev–Trinajstić information content (AvgIpc) is 3.38. The monoisotopic (exact) mass is 537 g/mol. The number of carboxylic acid groups (broad SMARTS) is 2. The van der Waals surface area contributed by atoms with Crippen molar-refractivity contribution in [1.29, 1.82) is 0 Å². The third kappa shape index (κ3) is 15.6.